The van der Waals surface area contributed by atoms with E-state index < -0.39 is 11.9 Å². The highest BCUT2D eigenvalue weighted by molar-refractivity contribution is 6.09. The first kappa shape index (κ1) is 27.5. The van der Waals surface area contributed by atoms with Crippen LogP contribution in [0.2, 0.25) is 0 Å². The van der Waals surface area contributed by atoms with Crippen LogP contribution in [0.25, 0.3) is 0 Å². The number of esters is 1. The highest BCUT2D eigenvalue weighted by Gasteiger charge is 2.18. The molecule has 0 saturated carbocycles. The summed E-state index contributed by atoms with van der Waals surface area (Å²) in [6, 6.07) is 25.4. The molecule has 0 radical (unpaired) electrons. The van der Waals surface area contributed by atoms with E-state index in [0.717, 1.165) is 0 Å². The number of methoxy groups -OCH3 is 3. The number of carbonyl (C=O) groups excluding carboxylic acids is 3. The number of anilines is 2. The fraction of sp³-hybridized carbons (Fsp3) is 0.0938. The van der Waals surface area contributed by atoms with Gasteiger partial charge in [-0.1, -0.05) is 48.2 Å². The fourth-order valence-corrected chi connectivity index (χ4v) is 3.87. The van der Waals surface area contributed by atoms with E-state index in [1.165, 1.54) is 21.3 Å². The van der Waals surface area contributed by atoms with Gasteiger partial charge in [-0.15, -0.1) is 0 Å². The third-order valence-electron chi connectivity index (χ3n) is 5.90. The van der Waals surface area contributed by atoms with Crippen LogP contribution in [0.1, 0.15) is 42.2 Å². The lowest BCUT2D eigenvalue weighted by molar-refractivity contribution is 0.0600. The van der Waals surface area contributed by atoms with Crippen LogP contribution >= 0.6 is 0 Å². The van der Waals surface area contributed by atoms with Crippen molar-refractivity contribution in [1.29, 1.82) is 0 Å². The Hall–Kier alpha value is -5.55. The molecule has 2 amide bonds. The zero-order valence-electron chi connectivity index (χ0n) is 22.1. The fourth-order valence-electron chi connectivity index (χ4n) is 3.87. The van der Waals surface area contributed by atoms with Crippen LogP contribution in [0, 0.1) is 11.8 Å². The Morgan fingerprint density at radius 1 is 0.650 bits per heavy atom. The van der Waals surface area contributed by atoms with Gasteiger partial charge in [0.1, 0.15) is 11.5 Å². The van der Waals surface area contributed by atoms with Crippen LogP contribution in [0.15, 0.2) is 91.0 Å². The third kappa shape index (κ3) is 6.29. The molecule has 4 aromatic carbocycles. The molecule has 4 aromatic rings. The summed E-state index contributed by atoms with van der Waals surface area (Å²) < 4.78 is 15.5. The minimum Gasteiger partial charge on any atom is -0.497 e. The molecule has 0 fully saturated rings. The van der Waals surface area contributed by atoms with Crippen LogP contribution in [0.4, 0.5) is 11.4 Å². The highest BCUT2D eigenvalue weighted by Crippen LogP contribution is 2.28. The van der Waals surface area contributed by atoms with Gasteiger partial charge < -0.3 is 24.8 Å². The number of nitrogens with one attached hydrogen (secondary N) is 2. The van der Waals surface area contributed by atoms with E-state index in [1.54, 1.807) is 84.9 Å². The maximum atomic E-state index is 13.4. The van der Waals surface area contributed by atoms with E-state index >= 15 is 0 Å². The maximum Gasteiger partial charge on any atom is 0.339 e. The van der Waals surface area contributed by atoms with Gasteiger partial charge in [-0.3, -0.25) is 9.59 Å². The molecule has 0 aliphatic carbocycles. The summed E-state index contributed by atoms with van der Waals surface area (Å²) in [6.45, 7) is 0. The van der Waals surface area contributed by atoms with Gasteiger partial charge in [-0.05, 0) is 54.6 Å². The summed E-state index contributed by atoms with van der Waals surface area (Å²) in [5, 5.41) is 5.75. The van der Waals surface area contributed by atoms with E-state index in [0.29, 0.717) is 39.6 Å². The summed E-state index contributed by atoms with van der Waals surface area (Å²) in [4.78, 5) is 38.6. The Balaban J connectivity index is 1.79. The molecule has 0 saturated heterocycles. The summed E-state index contributed by atoms with van der Waals surface area (Å²) in [5.41, 5.74) is 2.45. The van der Waals surface area contributed by atoms with Gasteiger partial charge in [0, 0.05) is 11.1 Å². The molecule has 2 N–H and O–H groups in total. The zero-order valence-corrected chi connectivity index (χ0v) is 22.1. The number of hydrogen-bond acceptors (Lipinski definition) is 6. The number of hydrogen-bond donors (Lipinski definition) is 2. The minimum atomic E-state index is -0.533. The smallest absolute Gasteiger partial charge is 0.339 e. The molecule has 0 atom stereocenters. The zero-order chi connectivity index (χ0) is 28.5. The lowest BCUT2D eigenvalue weighted by Gasteiger charge is -2.15. The molecule has 0 aliphatic heterocycles. The molecule has 8 nitrogen and oxygen atoms in total. The van der Waals surface area contributed by atoms with Crippen molar-refractivity contribution in [3.63, 3.8) is 0 Å². The van der Waals surface area contributed by atoms with E-state index in [4.69, 9.17) is 14.2 Å². The monoisotopic (exact) mass is 534 g/mol. The number of benzene rings is 4. The van der Waals surface area contributed by atoms with Gasteiger partial charge in [0.05, 0.1) is 49.4 Å². The van der Waals surface area contributed by atoms with Crippen LogP contribution in [-0.2, 0) is 4.74 Å². The number of rotatable bonds is 7. The molecule has 200 valence electrons. The summed E-state index contributed by atoms with van der Waals surface area (Å²) in [7, 11) is 4.26. The van der Waals surface area contributed by atoms with Crippen LogP contribution in [-0.4, -0.2) is 39.1 Å². The van der Waals surface area contributed by atoms with Crippen LogP contribution < -0.4 is 20.1 Å². The first-order chi connectivity index (χ1) is 19.4. The molecular weight excluding hydrogens is 508 g/mol. The summed E-state index contributed by atoms with van der Waals surface area (Å²) in [6.07, 6.45) is 0. The molecule has 0 aromatic heterocycles. The summed E-state index contributed by atoms with van der Waals surface area (Å²) in [5.74, 6) is 5.51. The van der Waals surface area contributed by atoms with Gasteiger partial charge in [-0.25, -0.2) is 4.79 Å². The molecular formula is C32H26N2O6. The quantitative estimate of drug-likeness (QED) is 0.243. The molecule has 0 aliphatic rings. The second-order valence-electron chi connectivity index (χ2n) is 8.36. The predicted molar refractivity (Wildman–Crippen MR) is 152 cm³/mol. The molecule has 0 bridgehead atoms. The molecule has 8 heteroatoms. The van der Waals surface area contributed by atoms with Gasteiger partial charge >= 0.3 is 5.97 Å². The summed E-state index contributed by atoms with van der Waals surface area (Å²) >= 11 is 0. The minimum absolute atomic E-state index is 0.246. The SMILES string of the molecule is COC(=O)c1ccccc1C#Cc1c(NC(=O)c2ccccc2)cccc1NC(=O)c1cc(OC)ccc1OC. The topological polar surface area (TPSA) is 103 Å². The highest BCUT2D eigenvalue weighted by atomic mass is 16.5. The molecule has 0 spiro atoms. The first-order valence-corrected chi connectivity index (χ1v) is 12.2. The largest absolute Gasteiger partial charge is 0.497 e. The van der Waals surface area contributed by atoms with Crippen molar-refractivity contribution in [1.82, 2.24) is 0 Å². The van der Waals surface area contributed by atoms with E-state index in [9.17, 15) is 14.4 Å². The van der Waals surface area contributed by atoms with Gasteiger partial charge in [0.2, 0.25) is 0 Å². The van der Waals surface area contributed by atoms with Crippen molar-refractivity contribution < 1.29 is 28.6 Å². The Bertz CT molecular complexity index is 1620. The van der Waals surface area contributed by atoms with Crippen molar-refractivity contribution in [2.24, 2.45) is 0 Å². The average Bonchev–Trinajstić information content (AvgIpc) is 3.00. The maximum absolute atomic E-state index is 13.4. The Morgan fingerprint density at radius 2 is 1.32 bits per heavy atom. The van der Waals surface area contributed by atoms with Crippen molar-refractivity contribution in [2.45, 2.75) is 0 Å². The molecule has 40 heavy (non-hydrogen) atoms. The Kier molecular flexibility index (Phi) is 8.80. The third-order valence-corrected chi connectivity index (χ3v) is 5.90. The lowest BCUT2D eigenvalue weighted by atomic mass is 10.1. The van der Waals surface area contributed by atoms with E-state index in [2.05, 4.69) is 22.5 Å². The van der Waals surface area contributed by atoms with Crippen molar-refractivity contribution in [3.05, 3.63) is 119 Å². The molecule has 0 unspecified atom stereocenters. The number of ether oxygens (including phenoxy) is 3. The van der Waals surface area contributed by atoms with Crippen molar-refractivity contribution >= 4 is 29.2 Å². The standard InChI is InChI=1S/C32H26N2O6/c1-38-23-17-19-29(39-2)26(20-23)31(36)34-28-15-9-14-27(33-30(35)22-11-5-4-6-12-22)25(28)18-16-21-10-7-8-13-24(21)32(37)40-3/h4-15,17,19-20H,1-3H3,(H,33,35)(H,34,36). The molecule has 4 rings (SSSR count). The number of carbonyl (C=O) groups is 3. The normalized spacial score (nSPS) is 9.97. The van der Waals surface area contributed by atoms with E-state index in [1.807, 2.05) is 6.07 Å². The van der Waals surface area contributed by atoms with Gasteiger partial charge in [0.25, 0.3) is 11.8 Å². The van der Waals surface area contributed by atoms with Crippen molar-refractivity contribution in [3.8, 4) is 23.3 Å². The Morgan fingerprint density at radius 3 is 2.00 bits per heavy atom. The lowest BCUT2D eigenvalue weighted by Crippen LogP contribution is -2.16. The second kappa shape index (κ2) is 12.8. The van der Waals surface area contributed by atoms with Crippen LogP contribution in [0.5, 0.6) is 11.5 Å². The average molecular weight is 535 g/mol. The molecule has 0 heterocycles. The Labute approximate surface area is 231 Å². The van der Waals surface area contributed by atoms with E-state index in [-0.39, 0.29) is 17.0 Å². The second-order valence-corrected chi connectivity index (χ2v) is 8.36. The predicted octanol–water partition coefficient (Wildman–Crippen LogP) is 5.39. The van der Waals surface area contributed by atoms with Crippen molar-refractivity contribution in [2.75, 3.05) is 32.0 Å². The number of amides is 2. The first-order valence-electron chi connectivity index (χ1n) is 12.2. The van der Waals surface area contributed by atoms with Crippen LogP contribution in [0.3, 0.4) is 0 Å². The van der Waals surface area contributed by atoms with Gasteiger partial charge in [0.15, 0.2) is 0 Å². The van der Waals surface area contributed by atoms with Gasteiger partial charge in [-0.2, -0.15) is 0 Å².